The van der Waals surface area contributed by atoms with Crippen LogP contribution in [-0.4, -0.2) is 60.1 Å². The third-order valence-corrected chi connectivity index (χ3v) is 6.03. The summed E-state index contributed by atoms with van der Waals surface area (Å²) in [6.07, 6.45) is 16.1. The maximum atomic E-state index is 12.3. The summed E-state index contributed by atoms with van der Waals surface area (Å²) < 4.78 is 0. The van der Waals surface area contributed by atoms with Gasteiger partial charge in [0.1, 0.15) is 0 Å². The minimum absolute atomic E-state index is 0.0438. The topological polar surface area (TPSA) is 81.7 Å². The molecule has 0 radical (unpaired) electrons. The lowest BCUT2D eigenvalue weighted by Crippen LogP contribution is -2.47. The van der Waals surface area contributed by atoms with Crippen molar-refractivity contribution in [1.82, 2.24) is 15.5 Å². The molecular weight excluding hydrogens is 414 g/mol. The fourth-order valence-electron chi connectivity index (χ4n) is 4.24. The van der Waals surface area contributed by atoms with E-state index in [1.165, 1.54) is 51.4 Å². The Balaban J connectivity index is 4.21. The van der Waals surface area contributed by atoms with Crippen LogP contribution in [0.5, 0.6) is 0 Å². The molecular formula is C27H55N3O3. The molecule has 6 nitrogen and oxygen atoms in total. The number of aliphatic hydroxyl groups excluding tert-OH is 1. The molecule has 0 heterocycles. The summed E-state index contributed by atoms with van der Waals surface area (Å²) in [6, 6.07) is 0.0876. The standard InChI is InChI=1S/C27H55N3O3/c1-5-7-9-11-13-15-18-26(32)28-24(3)22-30(20-17-21-31)23-25(4)29-27(33)19-16-14-12-10-8-6-2/h24-25,31H,5-23H2,1-4H3,(H,28,32)(H,29,33). The number of amides is 2. The number of hydrogen-bond donors (Lipinski definition) is 3. The molecule has 3 N–H and O–H groups in total. The molecule has 2 atom stereocenters. The average molecular weight is 470 g/mol. The predicted octanol–water partition coefficient (Wildman–Crippen LogP) is 5.18. The number of nitrogens with zero attached hydrogens (tertiary/aromatic N) is 1. The van der Waals surface area contributed by atoms with Crippen LogP contribution in [0.1, 0.15) is 124 Å². The van der Waals surface area contributed by atoms with Crippen LogP contribution in [0.4, 0.5) is 0 Å². The zero-order valence-corrected chi connectivity index (χ0v) is 22.3. The molecule has 0 bridgehead atoms. The Kier molecular flexibility index (Phi) is 21.9. The third-order valence-electron chi connectivity index (χ3n) is 6.03. The van der Waals surface area contributed by atoms with Gasteiger partial charge in [-0.3, -0.25) is 14.5 Å². The van der Waals surface area contributed by atoms with Crippen LogP contribution in [0.15, 0.2) is 0 Å². The van der Waals surface area contributed by atoms with E-state index in [2.05, 4.69) is 29.4 Å². The van der Waals surface area contributed by atoms with Crippen LogP contribution < -0.4 is 10.6 Å². The lowest BCUT2D eigenvalue weighted by molar-refractivity contribution is -0.122. The van der Waals surface area contributed by atoms with Crippen LogP contribution in [0.3, 0.4) is 0 Å². The van der Waals surface area contributed by atoms with Gasteiger partial charge in [0.25, 0.3) is 0 Å². The molecule has 0 aliphatic heterocycles. The Hall–Kier alpha value is -1.14. The van der Waals surface area contributed by atoms with E-state index in [0.29, 0.717) is 19.3 Å². The maximum absolute atomic E-state index is 12.3. The molecule has 0 aliphatic carbocycles. The minimum atomic E-state index is 0.0438. The quantitative estimate of drug-likeness (QED) is 0.180. The molecule has 0 aromatic heterocycles. The van der Waals surface area contributed by atoms with Gasteiger partial charge < -0.3 is 15.7 Å². The smallest absolute Gasteiger partial charge is 0.220 e. The summed E-state index contributed by atoms with van der Waals surface area (Å²) in [7, 11) is 0. The van der Waals surface area contributed by atoms with Crippen LogP contribution in [0.2, 0.25) is 0 Å². The van der Waals surface area contributed by atoms with Crippen molar-refractivity contribution in [2.24, 2.45) is 0 Å². The largest absolute Gasteiger partial charge is 0.396 e. The van der Waals surface area contributed by atoms with E-state index in [1.54, 1.807) is 0 Å². The van der Waals surface area contributed by atoms with Crippen LogP contribution in [0, 0.1) is 0 Å². The number of carbonyl (C=O) groups excluding carboxylic acids is 2. The fraction of sp³-hybridized carbons (Fsp3) is 0.926. The van der Waals surface area contributed by atoms with E-state index in [1.807, 2.05) is 13.8 Å². The number of carbonyl (C=O) groups is 2. The lowest BCUT2D eigenvalue weighted by atomic mass is 10.1. The van der Waals surface area contributed by atoms with Crippen LogP contribution >= 0.6 is 0 Å². The van der Waals surface area contributed by atoms with Crippen molar-refractivity contribution in [2.45, 2.75) is 136 Å². The van der Waals surface area contributed by atoms with E-state index in [0.717, 1.165) is 45.3 Å². The van der Waals surface area contributed by atoms with Gasteiger partial charge in [-0.15, -0.1) is 0 Å². The first-order valence-corrected chi connectivity index (χ1v) is 13.8. The van der Waals surface area contributed by atoms with E-state index >= 15 is 0 Å². The van der Waals surface area contributed by atoms with E-state index in [4.69, 9.17) is 0 Å². The molecule has 33 heavy (non-hydrogen) atoms. The second-order valence-corrected chi connectivity index (χ2v) is 9.81. The van der Waals surface area contributed by atoms with Crippen molar-refractivity contribution in [3.05, 3.63) is 0 Å². The van der Waals surface area contributed by atoms with Gasteiger partial charge in [0, 0.05) is 51.2 Å². The first-order valence-electron chi connectivity index (χ1n) is 13.8. The first kappa shape index (κ1) is 31.9. The van der Waals surface area contributed by atoms with Gasteiger partial charge in [0.05, 0.1) is 0 Å². The number of aliphatic hydroxyl groups is 1. The monoisotopic (exact) mass is 469 g/mol. The van der Waals surface area contributed by atoms with Crippen LogP contribution in [-0.2, 0) is 9.59 Å². The van der Waals surface area contributed by atoms with Gasteiger partial charge in [-0.2, -0.15) is 0 Å². The van der Waals surface area contributed by atoms with Gasteiger partial charge in [0.15, 0.2) is 0 Å². The highest BCUT2D eigenvalue weighted by atomic mass is 16.3. The highest BCUT2D eigenvalue weighted by Crippen LogP contribution is 2.08. The molecule has 0 aliphatic rings. The Bertz CT molecular complexity index is 436. The molecule has 0 fully saturated rings. The fourth-order valence-corrected chi connectivity index (χ4v) is 4.24. The zero-order chi connectivity index (χ0) is 24.7. The van der Waals surface area contributed by atoms with E-state index in [-0.39, 0.29) is 30.5 Å². The van der Waals surface area contributed by atoms with Crippen LogP contribution in [0.25, 0.3) is 0 Å². The summed E-state index contributed by atoms with van der Waals surface area (Å²) >= 11 is 0. The van der Waals surface area contributed by atoms with Gasteiger partial charge in [-0.25, -0.2) is 0 Å². The molecule has 0 aromatic carbocycles. The normalized spacial score (nSPS) is 13.2. The summed E-state index contributed by atoms with van der Waals surface area (Å²) in [5.74, 6) is 0.251. The number of hydrogen-bond acceptors (Lipinski definition) is 4. The molecule has 0 saturated heterocycles. The van der Waals surface area contributed by atoms with Gasteiger partial charge >= 0.3 is 0 Å². The van der Waals surface area contributed by atoms with Crippen molar-refractivity contribution in [2.75, 3.05) is 26.2 Å². The second-order valence-electron chi connectivity index (χ2n) is 9.81. The predicted molar refractivity (Wildman–Crippen MR) is 139 cm³/mol. The maximum Gasteiger partial charge on any atom is 0.220 e. The molecule has 0 spiro atoms. The van der Waals surface area contributed by atoms with Crippen molar-refractivity contribution in [3.8, 4) is 0 Å². The summed E-state index contributed by atoms with van der Waals surface area (Å²) in [5, 5.41) is 15.5. The summed E-state index contributed by atoms with van der Waals surface area (Å²) in [6.45, 7) is 10.8. The Labute approximate surface area is 204 Å². The molecule has 196 valence electrons. The number of rotatable bonds is 23. The second kappa shape index (κ2) is 22.6. The molecule has 0 rings (SSSR count). The average Bonchev–Trinajstić information content (AvgIpc) is 2.76. The Morgan fingerprint density at radius 3 is 1.45 bits per heavy atom. The van der Waals surface area contributed by atoms with Crippen molar-refractivity contribution < 1.29 is 14.7 Å². The Morgan fingerprint density at radius 1 is 0.667 bits per heavy atom. The molecule has 0 saturated carbocycles. The minimum Gasteiger partial charge on any atom is -0.396 e. The molecule has 0 aromatic rings. The summed E-state index contributed by atoms with van der Waals surface area (Å²) in [5.41, 5.74) is 0. The zero-order valence-electron chi connectivity index (χ0n) is 22.3. The summed E-state index contributed by atoms with van der Waals surface area (Å²) in [4.78, 5) is 26.8. The van der Waals surface area contributed by atoms with Crippen molar-refractivity contribution in [3.63, 3.8) is 0 Å². The van der Waals surface area contributed by atoms with Gasteiger partial charge in [-0.05, 0) is 33.1 Å². The first-order chi connectivity index (χ1) is 15.9. The van der Waals surface area contributed by atoms with E-state index in [9.17, 15) is 14.7 Å². The number of nitrogens with one attached hydrogen (secondary N) is 2. The highest BCUT2D eigenvalue weighted by molar-refractivity contribution is 5.76. The third kappa shape index (κ3) is 21.2. The highest BCUT2D eigenvalue weighted by Gasteiger charge is 2.16. The van der Waals surface area contributed by atoms with Gasteiger partial charge in [-0.1, -0.05) is 78.1 Å². The molecule has 2 amide bonds. The van der Waals surface area contributed by atoms with E-state index < -0.39 is 0 Å². The SMILES string of the molecule is CCCCCCCCC(=O)NC(C)CN(CCCO)CC(C)NC(=O)CCCCCCCC. The van der Waals surface area contributed by atoms with Gasteiger partial charge in [0.2, 0.25) is 11.8 Å². The lowest BCUT2D eigenvalue weighted by Gasteiger charge is -2.29. The Morgan fingerprint density at radius 2 is 1.06 bits per heavy atom. The number of unbranched alkanes of at least 4 members (excludes halogenated alkanes) is 10. The van der Waals surface area contributed by atoms with Crippen molar-refractivity contribution >= 4 is 11.8 Å². The molecule has 2 unspecified atom stereocenters. The van der Waals surface area contributed by atoms with Crippen molar-refractivity contribution in [1.29, 1.82) is 0 Å². The molecule has 6 heteroatoms.